The lowest BCUT2D eigenvalue weighted by Gasteiger charge is -2.33. The summed E-state index contributed by atoms with van der Waals surface area (Å²) < 4.78 is 20.2. The van der Waals surface area contributed by atoms with Crippen molar-refractivity contribution in [1.82, 2.24) is 14.8 Å². The molecule has 2 unspecified atom stereocenters. The Labute approximate surface area is 236 Å². The molecule has 8 heteroatoms. The second-order valence-corrected chi connectivity index (χ2v) is 11.0. The van der Waals surface area contributed by atoms with Gasteiger partial charge in [0.2, 0.25) is 5.88 Å². The van der Waals surface area contributed by atoms with Crippen LogP contribution in [0, 0.1) is 18.7 Å². The zero-order chi connectivity index (χ0) is 28.8. The molecule has 0 amide bonds. The average molecular weight is 550 g/mol. The molecule has 4 rings (SSSR count). The number of hydrogen-bond donors (Lipinski definition) is 2. The fourth-order valence-corrected chi connectivity index (χ4v) is 5.26. The number of rotatable bonds is 11. The number of hydrogen-bond acceptors (Lipinski definition) is 6. The van der Waals surface area contributed by atoms with E-state index >= 15 is 0 Å². The number of aliphatic hydroxyl groups is 1. The summed E-state index contributed by atoms with van der Waals surface area (Å²) in [6.45, 7) is 8.19. The predicted molar refractivity (Wildman–Crippen MR) is 154 cm³/mol. The number of aromatic nitrogens is 1. The van der Waals surface area contributed by atoms with Crippen molar-refractivity contribution in [2.75, 3.05) is 40.3 Å². The summed E-state index contributed by atoms with van der Waals surface area (Å²) >= 11 is 0. The van der Waals surface area contributed by atoms with Gasteiger partial charge in [0.05, 0.1) is 25.3 Å². The minimum absolute atomic E-state index is 0.352. The number of likely N-dealkylation sites (N-methyl/N-ethyl adjacent to an activating group) is 1. The zero-order valence-electron chi connectivity index (χ0n) is 23.9. The van der Waals surface area contributed by atoms with E-state index in [9.17, 15) is 19.4 Å². The third-order valence-corrected chi connectivity index (χ3v) is 7.89. The third-order valence-electron chi connectivity index (χ3n) is 7.89. The first-order chi connectivity index (χ1) is 19.1. The quantitative estimate of drug-likeness (QED) is 0.353. The number of carboxylic acids is 1. The van der Waals surface area contributed by atoms with Gasteiger partial charge in [0.15, 0.2) is 0 Å². The average Bonchev–Trinajstić information content (AvgIpc) is 2.94. The molecule has 7 nitrogen and oxygen atoms in total. The number of nitrogens with zero attached hydrogens (tertiary/aromatic N) is 3. The number of methoxy groups -OCH3 is 1. The highest BCUT2D eigenvalue weighted by molar-refractivity contribution is 5.70. The largest absolute Gasteiger partial charge is 0.481 e. The van der Waals surface area contributed by atoms with E-state index in [0.717, 1.165) is 59.6 Å². The van der Waals surface area contributed by atoms with Crippen molar-refractivity contribution in [2.24, 2.45) is 5.92 Å². The minimum Gasteiger partial charge on any atom is -0.481 e. The van der Waals surface area contributed by atoms with Gasteiger partial charge in [-0.05, 0) is 66.6 Å². The number of carbonyl (C=O) groups is 1. The van der Waals surface area contributed by atoms with Crippen LogP contribution in [0.3, 0.4) is 0 Å². The zero-order valence-corrected chi connectivity index (χ0v) is 23.9. The van der Waals surface area contributed by atoms with Crippen LogP contribution in [0.2, 0.25) is 0 Å². The maximum atomic E-state index is 14.9. The Kier molecular flexibility index (Phi) is 9.90. The monoisotopic (exact) mass is 549 g/mol. The first-order valence-corrected chi connectivity index (χ1v) is 13.9. The molecule has 2 aromatic carbocycles. The lowest BCUT2D eigenvalue weighted by Crippen LogP contribution is -2.43. The molecule has 1 aromatic heterocycles. The molecule has 0 bridgehead atoms. The molecular weight excluding hydrogens is 509 g/mol. The van der Waals surface area contributed by atoms with Crippen LogP contribution in [0.25, 0.3) is 11.1 Å². The second-order valence-electron chi connectivity index (χ2n) is 11.0. The number of pyridine rings is 1. The summed E-state index contributed by atoms with van der Waals surface area (Å²) in [4.78, 5) is 19.9. The number of carboxylic acid groups (broad SMARTS) is 1. The molecule has 0 radical (unpaired) electrons. The van der Waals surface area contributed by atoms with Crippen LogP contribution in [-0.4, -0.2) is 71.3 Å². The molecule has 0 spiro atoms. The van der Waals surface area contributed by atoms with Crippen molar-refractivity contribution >= 4 is 5.97 Å². The molecule has 1 aliphatic heterocycles. The minimum atomic E-state index is -0.798. The van der Waals surface area contributed by atoms with Gasteiger partial charge in [0, 0.05) is 44.4 Å². The highest BCUT2D eigenvalue weighted by Crippen LogP contribution is 2.33. The number of halogens is 1. The first kappa shape index (κ1) is 29.6. The van der Waals surface area contributed by atoms with Crippen LogP contribution in [-0.2, 0) is 24.2 Å². The number of ether oxygens (including phenoxy) is 1. The lowest BCUT2D eigenvalue weighted by molar-refractivity contribution is -0.141. The number of aliphatic carboxylic acids is 1. The predicted octanol–water partition coefficient (Wildman–Crippen LogP) is 4.88. The molecule has 2 N–H and O–H groups in total. The Morgan fingerprint density at radius 1 is 1.07 bits per heavy atom. The van der Waals surface area contributed by atoms with Gasteiger partial charge in [-0.15, -0.1) is 0 Å². The Bertz CT molecular complexity index is 1320. The number of piperazine rings is 1. The Morgan fingerprint density at radius 2 is 1.82 bits per heavy atom. The third kappa shape index (κ3) is 7.44. The fraction of sp³-hybridized carbons (Fsp3) is 0.438. The van der Waals surface area contributed by atoms with Crippen molar-refractivity contribution in [2.45, 2.75) is 45.8 Å². The summed E-state index contributed by atoms with van der Waals surface area (Å²) in [6.07, 6.45) is 2.23. The number of aliphatic hydroxyl groups excluding tert-OH is 1. The van der Waals surface area contributed by atoms with Crippen molar-refractivity contribution in [3.05, 3.63) is 82.3 Å². The first-order valence-electron chi connectivity index (χ1n) is 13.9. The molecule has 1 fully saturated rings. The van der Waals surface area contributed by atoms with Crippen LogP contribution >= 0.6 is 0 Å². The molecule has 214 valence electrons. The Morgan fingerprint density at radius 3 is 2.50 bits per heavy atom. The topological polar surface area (TPSA) is 86.1 Å². The number of benzene rings is 2. The number of aryl methyl sites for hydroxylation is 2. The Balaban J connectivity index is 1.54. The molecular formula is C32H40FN3O4. The van der Waals surface area contributed by atoms with Gasteiger partial charge >= 0.3 is 5.97 Å². The van der Waals surface area contributed by atoms with Crippen molar-refractivity contribution in [3.63, 3.8) is 0 Å². The summed E-state index contributed by atoms with van der Waals surface area (Å²) in [5.74, 6) is -1.29. The summed E-state index contributed by atoms with van der Waals surface area (Å²) in [5, 5.41) is 20.4. The van der Waals surface area contributed by atoms with E-state index in [4.69, 9.17) is 4.74 Å². The van der Waals surface area contributed by atoms with Crippen LogP contribution in [0.4, 0.5) is 4.39 Å². The Hall–Kier alpha value is -3.33. The van der Waals surface area contributed by atoms with Crippen molar-refractivity contribution < 1.29 is 24.1 Å². The lowest BCUT2D eigenvalue weighted by atomic mass is 9.92. The molecule has 1 aliphatic rings. The normalized spacial score (nSPS) is 16.1. The summed E-state index contributed by atoms with van der Waals surface area (Å²) in [6, 6.07) is 13.5. The highest BCUT2D eigenvalue weighted by atomic mass is 19.1. The van der Waals surface area contributed by atoms with Gasteiger partial charge in [0.1, 0.15) is 5.82 Å². The van der Waals surface area contributed by atoms with E-state index in [1.165, 1.54) is 13.3 Å². The van der Waals surface area contributed by atoms with Gasteiger partial charge in [-0.3, -0.25) is 9.69 Å². The standard InChI is InChI=1S/C32H40FN3O4/c1-21-15-23(16-22(2)32(38)39)5-6-24(21)8-10-30(37)25-7-9-27(28-18-31(40-4)34-19-29(28)33)26(17-25)20-36-13-11-35(3)12-14-36/h5-7,9,15,17-19,22,30,37H,8,10-14,16,20H2,1-4H3,(H,38,39). The van der Waals surface area contributed by atoms with Crippen LogP contribution in [0.5, 0.6) is 5.88 Å². The van der Waals surface area contributed by atoms with E-state index in [1.54, 1.807) is 13.0 Å². The fourth-order valence-electron chi connectivity index (χ4n) is 5.26. The van der Waals surface area contributed by atoms with E-state index in [2.05, 4.69) is 21.8 Å². The summed E-state index contributed by atoms with van der Waals surface area (Å²) in [5.41, 5.74) is 6.20. The van der Waals surface area contributed by atoms with E-state index in [0.29, 0.717) is 37.3 Å². The molecule has 0 aliphatic carbocycles. The van der Waals surface area contributed by atoms with Crippen LogP contribution in [0.1, 0.15) is 47.3 Å². The highest BCUT2D eigenvalue weighted by Gasteiger charge is 2.20. The van der Waals surface area contributed by atoms with Gasteiger partial charge in [-0.25, -0.2) is 9.37 Å². The van der Waals surface area contributed by atoms with E-state index in [-0.39, 0.29) is 0 Å². The second kappa shape index (κ2) is 13.4. The SMILES string of the molecule is COc1cc(-c2ccc(C(O)CCc3ccc(CC(C)C(=O)O)cc3C)cc2CN2CCN(C)CC2)c(F)cn1. The van der Waals surface area contributed by atoms with Gasteiger partial charge in [-0.1, -0.05) is 43.3 Å². The molecule has 3 aromatic rings. The van der Waals surface area contributed by atoms with Crippen LogP contribution in [0.15, 0.2) is 48.7 Å². The van der Waals surface area contributed by atoms with Crippen LogP contribution < -0.4 is 4.74 Å². The van der Waals surface area contributed by atoms with E-state index < -0.39 is 23.8 Å². The maximum absolute atomic E-state index is 14.9. The maximum Gasteiger partial charge on any atom is 0.306 e. The molecule has 0 saturated carbocycles. The molecule has 1 saturated heterocycles. The van der Waals surface area contributed by atoms with Crippen molar-refractivity contribution in [1.29, 1.82) is 0 Å². The molecule has 2 atom stereocenters. The van der Waals surface area contributed by atoms with Crippen molar-refractivity contribution in [3.8, 4) is 17.0 Å². The molecule has 2 heterocycles. The smallest absolute Gasteiger partial charge is 0.306 e. The van der Waals surface area contributed by atoms with Gasteiger partial charge in [-0.2, -0.15) is 0 Å². The summed E-state index contributed by atoms with van der Waals surface area (Å²) in [7, 11) is 3.63. The van der Waals surface area contributed by atoms with Gasteiger partial charge < -0.3 is 19.8 Å². The van der Waals surface area contributed by atoms with E-state index in [1.807, 2.05) is 43.3 Å². The van der Waals surface area contributed by atoms with Gasteiger partial charge in [0.25, 0.3) is 0 Å². The molecule has 40 heavy (non-hydrogen) atoms.